The summed E-state index contributed by atoms with van der Waals surface area (Å²) in [4.78, 5) is 4.39. The molecule has 1 heterocycles. The molecule has 108 valence electrons. The van der Waals surface area contributed by atoms with Crippen molar-refractivity contribution in [2.75, 3.05) is 0 Å². The van der Waals surface area contributed by atoms with Crippen molar-refractivity contribution in [3.8, 4) is 5.69 Å². The Morgan fingerprint density at radius 1 is 1.14 bits per heavy atom. The number of nitrogens with zero attached hydrogens (tertiary/aromatic N) is 2. The van der Waals surface area contributed by atoms with E-state index in [1.807, 2.05) is 25.1 Å². The summed E-state index contributed by atoms with van der Waals surface area (Å²) >= 11 is 18.1. The lowest BCUT2D eigenvalue weighted by Crippen LogP contribution is -2.00. The van der Waals surface area contributed by atoms with Crippen LogP contribution in [-0.2, 0) is 5.88 Å². The molecule has 0 saturated heterocycles. The van der Waals surface area contributed by atoms with E-state index in [1.165, 1.54) is 12.1 Å². The third-order valence-electron chi connectivity index (χ3n) is 3.23. The minimum atomic E-state index is -0.505. The van der Waals surface area contributed by atoms with Crippen molar-refractivity contribution in [3.05, 3.63) is 57.6 Å². The second-order valence-corrected chi connectivity index (χ2v) is 5.79. The highest BCUT2D eigenvalue weighted by Crippen LogP contribution is 2.30. The molecule has 2 aromatic carbocycles. The lowest BCUT2D eigenvalue weighted by molar-refractivity contribution is 0.629. The van der Waals surface area contributed by atoms with Crippen LogP contribution in [0.4, 0.5) is 4.39 Å². The van der Waals surface area contributed by atoms with Gasteiger partial charge in [0.1, 0.15) is 11.6 Å². The number of aryl methyl sites for hydroxylation is 1. The molecule has 3 aromatic rings. The highest BCUT2D eigenvalue weighted by molar-refractivity contribution is 6.32. The standard InChI is InChI=1S/C15H10Cl3FN2/c1-8-2-3-13(10(18)4-8)21-14-6-11(19)9(17)5-12(14)20-15(21)7-16/h2-6H,7H2,1H3. The Morgan fingerprint density at radius 2 is 1.90 bits per heavy atom. The molecule has 6 heteroatoms. The molecule has 0 aliphatic rings. The smallest absolute Gasteiger partial charge is 0.144 e. The van der Waals surface area contributed by atoms with Crippen LogP contribution in [0, 0.1) is 12.7 Å². The Labute approximate surface area is 136 Å². The van der Waals surface area contributed by atoms with E-state index in [1.54, 1.807) is 4.57 Å². The van der Waals surface area contributed by atoms with Crippen LogP contribution in [-0.4, -0.2) is 9.55 Å². The normalized spacial score (nSPS) is 11.3. The fourth-order valence-corrected chi connectivity index (χ4v) is 2.93. The maximum absolute atomic E-state index is 13.8. The molecule has 0 fully saturated rings. The first-order chi connectivity index (χ1) is 10.0. The predicted molar refractivity (Wildman–Crippen MR) is 85.3 cm³/mol. The average molecular weight is 344 g/mol. The van der Waals surface area contributed by atoms with Gasteiger partial charge in [0.2, 0.25) is 0 Å². The molecule has 0 amide bonds. The highest BCUT2D eigenvalue weighted by atomic mass is 35.5. The van der Waals surface area contributed by atoms with Gasteiger partial charge in [-0.1, -0.05) is 29.3 Å². The topological polar surface area (TPSA) is 17.8 Å². The average Bonchev–Trinajstić information content (AvgIpc) is 2.77. The molecule has 1 aromatic heterocycles. The van der Waals surface area contributed by atoms with Crippen LogP contribution in [0.25, 0.3) is 16.7 Å². The fraction of sp³-hybridized carbons (Fsp3) is 0.133. The molecule has 0 spiro atoms. The van der Waals surface area contributed by atoms with Crippen LogP contribution in [0.3, 0.4) is 0 Å². The van der Waals surface area contributed by atoms with Crippen LogP contribution < -0.4 is 0 Å². The quantitative estimate of drug-likeness (QED) is 0.560. The van der Waals surface area contributed by atoms with Crippen LogP contribution in [0.15, 0.2) is 30.3 Å². The molecule has 0 aliphatic heterocycles. The number of hydrogen-bond donors (Lipinski definition) is 0. The molecule has 0 radical (unpaired) electrons. The van der Waals surface area contributed by atoms with E-state index in [-0.39, 0.29) is 10.9 Å². The minimum absolute atomic E-state index is 0.0308. The van der Waals surface area contributed by atoms with E-state index in [9.17, 15) is 4.39 Å². The largest absolute Gasteiger partial charge is 0.294 e. The second-order valence-electron chi connectivity index (χ2n) is 4.71. The SMILES string of the molecule is Cc1ccc(-n2c(CCl)nc3cc(Cl)c(F)cc32)c(Cl)c1. The summed E-state index contributed by atoms with van der Waals surface area (Å²) < 4.78 is 15.5. The van der Waals surface area contributed by atoms with Gasteiger partial charge >= 0.3 is 0 Å². The van der Waals surface area contributed by atoms with Gasteiger partial charge in [0.05, 0.1) is 32.6 Å². The minimum Gasteiger partial charge on any atom is -0.294 e. The van der Waals surface area contributed by atoms with Gasteiger partial charge in [-0.15, -0.1) is 11.6 Å². The molecule has 0 N–H and O–H groups in total. The summed E-state index contributed by atoms with van der Waals surface area (Å²) in [6.45, 7) is 1.95. The number of rotatable bonds is 2. The number of benzene rings is 2. The van der Waals surface area contributed by atoms with Crippen molar-refractivity contribution in [2.45, 2.75) is 12.8 Å². The maximum Gasteiger partial charge on any atom is 0.144 e. The number of halogens is 4. The summed E-state index contributed by atoms with van der Waals surface area (Å²) in [7, 11) is 0. The van der Waals surface area contributed by atoms with E-state index in [4.69, 9.17) is 34.8 Å². The first-order valence-electron chi connectivity index (χ1n) is 6.20. The van der Waals surface area contributed by atoms with Gasteiger partial charge in [-0.25, -0.2) is 9.37 Å². The van der Waals surface area contributed by atoms with E-state index >= 15 is 0 Å². The van der Waals surface area contributed by atoms with Crippen molar-refractivity contribution in [1.29, 1.82) is 0 Å². The van der Waals surface area contributed by atoms with E-state index in [0.717, 1.165) is 5.56 Å². The van der Waals surface area contributed by atoms with Crippen molar-refractivity contribution >= 4 is 45.8 Å². The van der Waals surface area contributed by atoms with Crippen LogP contribution in [0.2, 0.25) is 10.0 Å². The molecule has 3 rings (SSSR count). The molecular weight excluding hydrogens is 334 g/mol. The van der Waals surface area contributed by atoms with E-state index in [0.29, 0.717) is 27.6 Å². The van der Waals surface area contributed by atoms with Crippen LogP contribution >= 0.6 is 34.8 Å². The summed E-state index contributed by atoms with van der Waals surface area (Å²) in [6, 6.07) is 8.46. The summed E-state index contributed by atoms with van der Waals surface area (Å²) in [5.41, 5.74) is 2.91. The van der Waals surface area contributed by atoms with Gasteiger partial charge in [-0.05, 0) is 30.7 Å². The van der Waals surface area contributed by atoms with Gasteiger partial charge in [-0.3, -0.25) is 4.57 Å². The number of fused-ring (bicyclic) bond motifs is 1. The monoisotopic (exact) mass is 342 g/mol. The number of imidazole rings is 1. The summed E-state index contributed by atoms with van der Waals surface area (Å²) in [6.07, 6.45) is 0. The number of hydrogen-bond acceptors (Lipinski definition) is 1. The molecule has 21 heavy (non-hydrogen) atoms. The first kappa shape index (κ1) is 14.6. The molecular formula is C15H10Cl3FN2. The van der Waals surface area contributed by atoms with Gasteiger partial charge in [0.15, 0.2) is 0 Å². The molecule has 2 nitrogen and oxygen atoms in total. The van der Waals surface area contributed by atoms with Crippen molar-refractivity contribution in [1.82, 2.24) is 9.55 Å². The van der Waals surface area contributed by atoms with E-state index in [2.05, 4.69) is 4.98 Å². The van der Waals surface area contributed by atoms with Gasteiger partial charge < -0.3 is 0 Å². The Balaban J connectivity index is 2.37. The Kier molecular flexibility index (Phi) is 3.82. The number of alkyl halides is 1. The zero-order valence-corrected chi connectivity index (χ0v) is 13.3. The molecule has 0 aliphatic carbocycles. The molecule has 0 saturated carbocycles. The fourth-order valence-electron chi connectivity index (χ4n) is 2.27. The van der Waals surface area contributed by atoms with Gasteiger partial charge in [0, 0.05) is 6.07 Å². The second kappa shape index (κ2) is 5.48. The maximum atomic E-state index is 13.8. The predicted octanol–water partition coefficient (Wildman–Crippen LogP) is 5.52. The van der Waals surface area contributed by atoms with Crippen LogP contribution in [0.5, 0.6) is 0 Å². The summed E-state index contributed by atoms with van der Waals surface area (Å²) in [5.74, 6) is 0.256. The molecule has 0 unspecified atom stereocenters. The third kappa shape index (κ3) is 2.50. The van der Waals surface area contributed by atoms with Gasteiger partial charge in [0.25, 0.3) is 0 Å². The van der Waals surface area contributed by atoms with Crippen molar-refractivity contribution in [2.24, 2.45) is 0 Å². The third-order valence-corrected chi connectivity index (χ3v) is 4.06. The molecule has 0 bridgehead atoms. The Morgan fingerprint density at radius 3 is 2.57 bits per heavy atom. The van der Waals surface area contributed by atoms with Crippen molar-refractivity contribution in [3.63, 3.8) is 0 Å². The zero-order valence-electron chi connectivity index (χ0n) is 11.0. The van der Waals surface area contributed by atoms with Crippen molar-refractivity contribution < 1.29 is 4.39 Å². The Bertz CT molecular complexity index is 843. The lowest BCUT2D eigenvalue weighted by atomic mass is 10.2. The zero-order chi connectivity index (χ0) is 15.1. The lowest BCUT2D eigenvalue weighted by Gasteiger charge is -2.10. The van der Waals surface area contributed by atoms with Crippen LogP contribution in [0.1, 0.15) is 11.4 Å². The summed E-state index contributed by atoms with van der Waals surface area (Å²) in [5, 5.41) is 0.583. The van der Waals surface area contributed by atoms with E-state index < -0.39 is 5.82 Å². The first-order valence-corrected chi connectivity index (χ1v) is 7.49. The van der Waals surface area contributed by atoms with Gasteiger partial charge in [-0.2, -0.15) is 0 Å². The Hall–Kier alpha value is -1.29. The molecule has 0 atom stereocenters. The highest BCUT2D eigenvalue weighted by Gasteiger charge is 2.16. The number of aromatic nitrogens is 2.